The van der Waals surface area contributed by atoms with Gasteiger partial charge in [0, 0.05) is 103 Å². The van der Waals surface area contributed by atoms with E-state index < -0.39 is 82.4 Å². The Hall–Kier alpha value is -7.43. The van der Waals surface area contributed by atoms with Crippen LogP contribution in [-0.4, -0.2) is 183 Å². The second kappa shape index (κ2) is 31.9. The number of thioether (sulfide) groups is 1. The lowest BCUT2D eigenvalue weighted by Gasteiger charge is -2.42. The van der Waals surface area contributed by atoms with Crippen molar-refractivity contribution in [1.82, 2.24) is 20.4 Å². The largest absolute Gasteiger partial charge is 0.495 e. The standard InChI is InChI=1S/C68H83ClN6O16S/c1-42-15-13-21-55(87-8)68(85)39-49(36-57(77)71-68)43(2)64-67(4,91-64)56(38-61(81)73(6)52-34-45(33-42)35-53(86-7)63(52)69)90-66(84)44(3)72(5)59(79)26-32-92-54-37-62(82)74(65(54)83)28-25-50(76)19-14-29-88-30-31-89-41-58(78)70-27-24-60(80)75-40-48-18-10-9-16-46(48)22-23-47-17-11-12-20-51(47)75/h9-13,15-18,20-21,34-35,43-44,49,54-56,64,85H,14,19,24-33,36-41H2,1-8H3,(H,70,78)(H,71,77)/b21-13+,42-15+/t43-,44+,49+,54?,55-,56?,64+,67-,68+/m0/s1. The van der Waals surface area contributed by atoms with Gasteiger partial charge in [-0.15, -0.1) is 11.8 Å². The van der Waals surface area contributed by atoms with Crippen LogP contribution in [0.5, 0.6) is 5.75 Å². The molecule has 3 aromatic carbocycles. The Morgan fingerprint density at radius 3 is 2.41 bits per heavy atom. The molecular weight excluding hydrogens is 1220 g/mol. The van der Waals surface area contributed by atoms with Crippen molar-refractivity contribution in [3.8, 4) is 17.6 Å². The topological polar surface area (TPSA) is 270 Å². The summed E-state index contributed by atoms with van der Waals surface area (Å²) >= 11 is 7.98. The summed E-state index contributed by atoms with van der Waals surface area (Å²) in [5.41, 5.74) is 2.24. The van der Waals surface area contributed by atoms with E-state index in [1.165, 1.54) is 38.0 Å². The number of methoxy groups -OCH3 is 2. The highest BCUT2D eigenvalue weighted by Gasteiger charge is 2.64. The molecule has 494 valence electrons. The van der Waals surface area contributed by atoms with E-state index >= 15 is 0 Å². The number of likely N-dealkylation sites (N-methyl/N-ethyl adjacent to an activating group) is 1. The van der Waals surface area contributed by atoms with Gasteiger partial charge >= 0.3 is 5.97 Å². The monoisotopic (exact) mass is 1310 g/mol. The highest BCUT2D eigenvalue weighted by atomic mass is 35.5. The van der Waals surface area contributed by atoms with E-state index in [2.05, 4.69) is 22.5 Å². The number of carbonyl (C=O) groups excluding carboxylic acids is 9. The van der Waals surface area contributed by atoms with Crippen LogP contribution in [0.15, 0.2) is 84.5 Å². The number of amides is 7. The number of Topliss-reactive ketones (excluding diaryl/α,β-unsaturated/α-hetero) is 1. The number of rotatable bonds is 24. The number of halogens is 1. The zero-order valence-electron chi connectivity index (χ0n) is 53.4. The average Bonchev–Trinajstić information content (AvgIpc) is 1.57. The van der Waals surface area contributed by atoms with E-state index in [9.17, 15) is 48.3 Å². The number of imide groups is 1. The first kappa shape index (κ1) is 70.4. The molecule has 0 radical (unpaired) electrons. The molecule has 5 aliphatic heterocycles. The number of ketones is 1. The molecule has 4 bridgehead atoms. The van der Waals surface area contributed by atoms with Gasteiger partial charge in [-0.05, 0) is 86.9 Å². The fraction of sp³-hybridized carbons (Fsp3) is 0.515. The summed E-state index contributed by atoms with van der Waals surface area (Å²) in [5.74, 6) is 2.32. The molecule has 3 saturated heterocycles. The second-order valence-electron chi connectivity index (χ2n) is 24.1. The Morgan fingerprint density at radius 2 is 1.65 bits per heavy atom. The Labute approximate surface area is 546 Å². The van der Waals surface area contributed by atoms with E-state index in [-0.39, 0.29) is 125 Å². The SMILES string of the molecule is COc1cc2cc(c1Cl)N(C)C(=O)CC(OC(=O)[C@@H](C)N(C)C(=O)CCSC1CC(=O)N(CCC(=O)CCCOCCOCC(=O)NCCC(=O)N3Cc4ccccc4C#Cc4ccccc43)C1=O)[C@]1(C)O[C@@H]1[C@@H](C)[C@@H]1CC(=O)N[C@@](O)(C1)[C@@H](OC)/C=C/C=C(\C)C2. The summed E-state index contributed by atoms with van der Waals surface area (Å²) in [6.07, 6.45) is 3.14. The Morgan fingerprint density at radius 1 is 0.924 bits per heavy atom. The Kier molecular flexibility index (Phi) is 24.5. The number of esters is 1. The van der Waals surface area contributed by atoms with E-state index in [0.717, 1.165) is 44.5 Å². The van der Waals surface area contributed by atoms with Crippen molar-refractivity contribution in [3.63, 3.8) is 0 Å². The predicted molar refractivity (Wildman–Crippen MR) is 344 cm³/mol. The maximum Gasteiger partial charge on any atom is 0.328 e. The van der Waals surface area contributed by atoms with E-state index in [1.807, 2.05) is 68.5 Å². The van der Waals surface area contributed by atoms with Gasteiger partial charge in [0.15, 0.2) is 5.72 Å². The number of fused-ring (bicyclic) bond motifs is 7. The van der Waals surface area contributed by atoms with E-state index in [0.29, 0.717) is 36.5 Å². The van der Waals surface area contributed by atoms with Crippen LogP contribution >= 0.6 is 23.4 Å². The lowest BCUT2D eigenvalue weighted by Crippen LogP contribution is -2.61. The first-order valence-electron chi connectivity index (χ1n) is 31.0. The molecule has 3 N–H and O–H groups in total. The van der Waals surface area contributed by atoms with Crippen molar-refractivity contribution in [2.45, 2.75) is 139 Å². The van der Waals surface area contributed by atoms with Gasteiger partial charge in [0.25, 0.3) is 0 Å². The van der Waals surface area contributed by atoms with Gasteiger partial charge in [-0.2, -0.15) is 0 Å². The molecule has 0 aliphatic carbocycles. The van der Waals surface area contributed by atoms with Crippen LogP contribution in [0.4, 0.5) is 11.4 Å². The summed E-state index contributed by atoms with van der Waals surface area (Å²) in [6.45, 7) is 7.73. The number of piperidine rings is 1. The number of carbonyl (C=O) groups is 9. The van der Waals surface area contributed by atoms with Gasteiger partial charge in [-0.1, -0.05) is 84.5 Å². The van der Waals surface area contributed by atoms with Crippen molar-refractivity contribution in [2.75, 3.05) is 83.4 Å². The Balaban J connectivity index is 0.751. The summed E-state index contributed by atoms with van der Waals surface area (Å²) in [5, 5.41) is 16.8. The number of nitrogens with one attached hydrogen (secondary N) is 2. The molecule has 8 rings (SSSR count). The lowest BCUT2D eigenvalue weighted by atomic mass is 9.75. The van der Waals surface area contributed by atoms with Gasteiger partial charge in [0.2, 0.25) is 41.4 Å². The lowest BCUT2D eigenvalue weighted by molar-refractivity contribution is -0.162. The van der Waals surface area contributed by atoms with Crippen LogP contribution in [0.2, 0.25) is 5.02 Å². The fourth-order valence-corrected chi connectivity index (χ4v) is 13.4. The maximum atomic E-state index is 14.4. The minimum absolute atomic E-state index is 0.0351. The third kappa shape index (κ3) is 17.6. The molecule has 0 aromatic heterocycles. The number of benzene rings is 3. The molecule has 5 heterocycles. The number of hydrogen-bond donors (Lipinski definition) is 3. The fourth-order valence-electron chi connectivity index (χ4n) is 12.0. The molecule has 92 heavy (non-hydrogen) atoms. The summed E-state index contributed by atoms with van der Waals surface area (Å²) in [4.78, 5) is 126. The number of epoxide rings is 1. The molecule has 0 spiro atoms. The molecule has 24 heteroatoms. The minimum Gasteiger partial charge on any atom is -0.495 e. The first-order chi connectivity index (χ1) is 43.9. The quantitative estimate of drug-likeness (QED) is 0.0304. The van der Waals surface area contributed by atoms with Crippen LogP contribution in [0.25, 0.3) is 0 Å². The molecular formula is C68H83ClN6O16S. The number of likely N-dealkylation sites (tertiary alicyclic amines) is 1. The summed E-state index contributed by atoms with van der Waals surface area (Å²) in [7, 11) is 5.91. The van der Waals surface area contributed by atoms with Crippen molar-refractivity contribution in [2.24, 2.45) is 11.8 Å². The zero-order valence-corrected chi connectivity index (χ0v) is 55.0. The average molecular weight is 1310 g/mol. The van der Waals surface area contributed by atoms with Gasteiger partial charge in [-0.3, -0.25) is 43.3 Å². The number of aliphatic hydroxyl groups is 1. The summed E-state index contributed by atoms with van der Waals surface area (Å²) in [6, 6.07) is 17.6. The third-order valence-electron chi connectivity index (χ3n) is 17.6. The minimum atomic E-state index is -1.77. The second-order valence-corrected chi connectivity index (χ2v) is 25.8. The van der Waals surface area contributed by atoms with E-state index in [1.54, 1.807) is 43.2 Å². The molecule has 9 atom stereocenters. The van der Waals surface area contributed by atoms with Gasteiger partial charge < -0.3 is 58.9 Å². The third-order valence-corrected chi connectivity index (χ3v) is 19.2. The zero-order chi connectivity index (χ0) is 66.4. The number of anilines is 2. The van der Waals surface area contributed by atoms with Crippen LogP contribution in [0.3, 0.4) is 0 Å². The maximum absolute atomic E-state index is 14.4. The van der Waals surface area contributed by atoms with Crippen molar-refractivity contribution < 1.29 is 76.7 Å². The van der Waals surface area contributed by atoms with Crippen LogP contribution in [0.1, 0.15) is 108 Å². The van der Waals surface area contributed by atoms with Crippen molar-refractivity contribution >= 4 is 87.8 Å². The van der Waals surface area contributed by atoms with Crippen molar-refractivity contribution in [3.05, 3.63) is 112 Å². The van der Waals surface area contributed by atoms with Gasteiger partial charge in [0.05, 0.1) is 56.0 Å². The molecule has 5 aliphatic rings. The smallest absolute Gasteiger partial charge is 0.328 e. The number of allylic oxidation sites excluding steroid dienone is 3. The molecule has 22 nitrogen and oxygen atoms in total. The number of hydrogen-bond acceptors (Lipinski definition) is 17. The normalized spacial score (nSPS) is 25.0. The van der Waals surface area contributed by atoms with Crippen molar-refractivity contribution in [1.29, 1.82) is 0 Å². The number of para-hydroxylation sites is 1. The van der Waals surface area contributed by atoms with Crippen LogP contribution in [0, 0.1) is 23.7 Å². The number of nitrogens with zero attached hydrogens (tertiary/aromatic N) is 4. The Bertz CT molecular complexity index is 3400. The van der Waals surface area contributed by atoms with Gasteiger partial charge in [-0.25, -0.2) is 4.79 Å². The summed E-state index contributed by atoms with van der Waals surface area (Å²) < 4.78 is 35.0. The van der Waals surface area contributed by atoms with Crippen LogP contribution < -0.4 is 25.2 Å². The predicted octanol–water partition coefficient (Wildman–Crippen LogP) is 6.02. The highest BCUT2D eigenvalue weighted by Crippen LogP contribution is 2.51. The molecule has 0 saturated carbocycles. The van der Waals surface area contributed by atoms with Gasteiger partial charge in [0.1, 0.15) is 47.0 Å². The van der Waals surface area contributed by atoms with Crippen LogP contribution in [-0.2, 0) is 79.8 Å². The molecule has 3 aromatic rings. The number of ether oxygens (including phenoxy) is 6. The molecule has 3 fully saturated rings. The molecule has 2 unspecified atom stereocenters. The van der Waals surface area contributed by atoms with E-state index in [4.69, 9.17) is 40.0 Å². The highest BCUT2D eigenvalue weighted by molar-refractivity contribution is 8.00. The molecule has 7 amide bonds. The first-order valence-corrected chi connectivity index (χ1v) is 32.4.